The van der Waals surface area contributed by atoms with Crippen LogP contribution in [0.1, 0.15) is 30.0 Å². The molecule has 1 fully saturated rings. The maximum absolute atomic E-state index is 15.4. The van der Waals surface area contributed by atoms with Crippen LogP contribution in [0.5, 0.6) is 5.75 Å². The van der Waals surface area contributed by atoms with Crippen molar-refractivity contribution in [2.24, 2.45) is 5.92 Å². The van der Waals surface area contributed by atoms with E-state index >= 15 is 4.79 Å². The fourth-order valence-electron chi connectivity index (χ4n) is 8.95. The zero-order valence-corrected chi connectivity index (χ0v) is 33.4. The number of rotatable bonds is 14. The quantitative estimate of drug-likeness (QED) is 0.0952. The zero-order valence-electron chi connectivity index (χ0n) is 32.4. The summed E-state index contributed by atoms with van der Waals surface area (Å²) < 4.78 is 12.8. The first-order valence-corrected chi connectivity index (χ1v) is 22.2. The average Bonchev–Trinajstić information content (AvgIpc) is 3.64. The number of ether oxygens (including phenoxy) is 2. The van der Waals surface area contributed by atoms with Crippen LogP contribution in [0.3, 0.4) is 0 Å². The molecule has 4 atom stereocenters. The Kier molecular flexibility index (Phi) is 11.2. The molecule has 1 saturated heterocycles. The number of hydrogen-bond acceptors (Lipinski definition) is 6. The Hall–Kier alpha value is -5.55. The van der Waals surface area contributed by atoms with Gasteiger partial charge in [-0.3, -0.25) is 19.3 Å². The number of carbonyl (C=O) groups is 3. The van der Waals surface area contributed by atoms with Crippen LogP contribution in [-0.2, 0) is 37.8 Å². The number of aliphatic hydroxyl groups excluding tert-OH is 1. The van der Waals surface area contributed by atoms with Gasteiger partial charge in [-0.1, -0.05) is 116 Å². The van der Waals surface area contributed by atoms with Gasteiger partial charge in [0.05, 0.1) is 46.5 Å². The predicted octanol–water partition coefficient (Wildman–Crippen LogP) is 7.16. The summed E-state index contributed by atoms with van der Waals surface area (Å²) in [7, 11) is -0.932. The van der Waals surface area contributed by atoms with Crippen LogP contribution >= 0.6 is 0 Å². The molecule has 3 amide bonds. The lowest BCUT2D eigenvalue weighted by atomic mass is 9.82. The summed E-state index contributed by atoms with van der Waals surface area (Å²) in [5.41, 5.74) is 2.98. The number of benzene rings is 5. The van der Waals surface area contributed by atoms with E-state index < -0.39 is 19.8 Å². The second kappa shape index (κ2) is 16.3. The van der Waals surface area contributed by atoms with Crippen molar-refractivity contribution in [3.05, 3.63) is 150 Å². The molecule has 0 saturated carbocycles. The second-order valence-electron chi connectivity index (χ2n) is 15.3. The molecule has 0 bridgehead atoms. The maximum atomic E-state index is 15.4. The van der Waals surface area contributed by atoms with Crippen LogP contribution in [0.15, 0.2) is 133 Å². The predicted molar refractivity (Wildman–Crippen MR) is 222 cm³/mol. The molecular formula is C46H49N3O6Si. The summed E-state index contributed by atoms with van der Waals surface area (Å²) in [4.78, 5) is 47.6. The first-order valence-electron chi connectivity index (χ1n) is 19.2. The van der Waals surface area contributed by atoms with Crippen molar-refractivity contribution in [1.82, 2.24) is 4.90 Å². The van der Waals surface area contributed by atoms with Crippen molar-refractivity contribution in [3.8, 4) is 5.75 Å². The van der Waals surface area contributed by atoms with Crippen molar-refractivity contribution in [3.63, 3.8) is 0 Å². The molecule has 2 heterocycles. The molecule has 1 spiro atoms. The third kappa shape index (κ3) is 7.16. The lowest BCUT2D eigenvalue weighted by molar-refractivity contribution is -0.150. The molecule has 5 aromatic rings. The summed E-state index contributed by atoms with van der Waals surface area (Å²) in [6.45, 7) is 7.32. The van der Waals surface area contributed by atoms with Gasteiger partial charge in [-0.25, -0.2) is 0 Å². The molecule has 0 aromatic heterocycles. The zero-order chi connectivity index (χ0) is 39.5. The summed E-state index contributed by atoms with van der Waals surface area (Å²) >= 11 is 0. The van der Waals surface area contributed by atoms with E-state index in [0.717, 1.165) is 28.5 Å². The average molecular weight is 768 g/mol. The van der Waals surface area contributed by atoms with E-state index in [9.17, 15) is 14.7 Å². The fraction of sp³-hybridized carbons (Fsp3) is 0.283. The summed E-state index contributed by atoms with van der Waals surface area (Å²) in [5.74, 6) is 0.0427. The van der Waals surface area contributed by atoms with Crippen LogP contribution in [0.25, 0.3) is 0 Å². The highest BCUT2D eigenvalue weighted by Crippen LogP contribution is 2.60. The number of fused-ring (bicyclic) bond motifs is 2. The van der Waals surface area contributed by atoms with Crippen molar-refractivity contribution in [1.29, 1.82) is 0 Å². The van der Waals surface area contributed by atoms with E-state index in [0.29, 0.717) is 35.7 Å². The van der Waals surface area contributed by atoms with E-state index in [1.165, 1.54) is 0 Å². The molecular weight excluding hydrogens is 719 g/mol. The molecule has 2 aliphatic heterocycles. The van der Waals surface area contributed by atoms with Crippen LogP contribution in [0.4, 0.5) is 17.1 Å². The number of carbonyl (C=O) groups excluding carboxylic acids is 3. The number of amides is 3. The van der Waals surface area contributed by atoms with Gasteiger partial charge in [-0.15, -0.1) is 0 Å². The first kappa shape index (κ1) is 38.7. The number of para-hydroxylation sites is 1. The van der Waals surface area contributed by atoms with E-state index in [-0.39, 0.29) is 42.8 Å². The number of aliphatic hydroxyl groups is 1. The molecule has 9 nitrogen and oxygen atoms in total. The number of methoxy groups -OCH3 is 1. The van der Waals surface area contributed by atoms with Gasteiger partial charge in [0.25, 0.3) is 5.91 Å². The Morgan fingerprint density at radius 3 is 2.11 bits per heavy atom. The minimum Gasteiger partial charge on any atom is -0.497 e. The third-order valence-electron chi connectivity index (χ3n) is 11.7. The van der Waals surface area contributed by atoms with Gasteiger partial charge in [0.15, 0.2) is 5.60 Å². The minimum atomic E-state index is -2.58. The van der Waals surface area contributed by atoms with Gasteiger partial charge in [0.1, 0.15) is 5.75 Å². The molecule has 56 heavy (non-hydrogen) atoms. The SMILES string of the molecule is COc1ccc([Si](C)(C)[C@@H]2[C@@H](CC(=O)N(CCO)Cc3ccccc3)O[C@]3(C(=O)N(Cc4ccccc4)c4ccc(N(C=O)c5ccccc5)cc43)[C@H]2C)cc1. The first-order chi connectivity index (χ1) is 27.1. The standard InChI is InChI=1S/C46H49N3O6Si/c1-33-44(56(3,4)39-23-21-38(54-2)22-24-39)42(29-43(52)47(26-27-50)30-34-14-8-5-9-15-34)55-46(33)40-28-37(49(32-51)36-18-12-7-13-19-36)20-25-41(40)48(45(46)53)31-35-16-10-6-11-17-35/h5-25,28,32-33,42,44,50H,26-27,29-31H2,1-4H3/t33-,42+,44-,46+/m0/s1. The molecule has 0 aliphatic carbocycles. The highest BCUT2D eigenvalue weighted by atomic mass is 28.3. The van der Waals surface area contributed by atoms with Gasteiger partial charge in [0.2, 0.25) is 12.3 Å². The topological polar surface area (TPSA) is 99.6 Å². The molecule has 0 unspecified atom stereocenters. The van der Waals surface area contributed by atoms with Gasteiger partial charge in [-0.05, 0) is 59.1 Å². The smallest absolute Gasteiger partial charge is 0.264 e. The molecule has 288 valence electrons. The van der Waals surface area contributed by atoms with Gasteiger partial charge >= 0.3 is 0 Å². The van der Waals surface area contributed by atoms with E-state index in [1.54, 1.807) is 21.8 Å². The second-order valence-corrected chi connectivity index (χ2v) is 20.0. The van der Waals surface area contributed by atoms with Crippen LogP contribution in [0.2, 0.25) is 18.6 Å². The largest absolute Gasteiger partial charge is 0.497 e. The molecule has 0 radical (unpaired) electrons. The van der Waals surface area contributed by atoms with E-state index in [4.69, 9.17) is 9.47 Å². The van der Waals surface area contributed by atoms with E-state index in [2.05, 4.69) is 32.2 Å². The van der Waals surface area contributed by atoms with Crippen molar-refractivity contribution < 1.29 is 29.0 Å². The van der Waals surface area contributed by atoms with Crippen molar-refractivity contribution in [2.45, 2.75) is 56.8 Å². The maximum Gasteiger partial charge on any atom is 0.264 e. The lowest BCUT2D eigenvalue weighted by Gasteiger charge is -2.37. The van der Waals surface area contributed by atoms with Crippen LogP contribution in [-0.4, -0.2) is 62.7 Å². The summed E-state index contributed by atoms with van der Waals surface area (Å²) in [6.07, 6.45) is 0.182. The van der Waals surface area contributed by atoms with Gasteiger partial charge < -0.3 is 24.4 Å². The van der Waals surface area contributed by atoms with Crippen molar-refractivity contribution in [2.75, 3.05) is 30.1 Å². The minimum absolute atomic E-state index is 0.0294. The highest BCUT2D eigenvalue weighted by molar-refractivity contribution is 6.91. The molecule has 7 rings (SSSR count). The number of hydrogen-bond donors (Lipinski definition) is 1. The van der Waals surface area contributed by atoms with Gasteiger partial charge in [0, 0.05) is 35.9 Å². The summed E-state index contributed by atoms with van der Waals surface area (Å²) in [6, 6.07) is 42.8. The number of nitrogens with zero attached hydrogens (tertiary/aromatic N) is 3. The Labute approximate surface area is 330 Å². The van der Waals surface area contributed by atoms with Gasteiger partial charge in [-0.2, -0.15) is 0 Å². The van der Waals surface area contributed by atoms with Crippen molar-refractivity contribution >= 4 is 48.5 Å². The fourth-order valence-corrected chi connectivity index (χ4v) is 13.0. The molecule has 10 heteroatoms. The monoisotopic (exact) mass is 767 g/mol. The normalized spacial score (nSPS) is 20.2. The lowest BCUT2D eigenvalue weighted by Crippen LogP contribution is -2.52. The number of anilines is 3. The van der Waals surface area contributed by atoms with E-state index in [1.807, 2.05) is 121 Å². The van der Waals surface area contributed by atoms with Crippen LogP contribution in [0, 0.1) is 5.92 Å². The molecule has 5 aromatic carbocycles. The Balaban J connectivity index is 1.36. The Bertz CT molecular complexity index is 2150. The van der Waals surface area contributed by atoms with Crippen LogP contribution < -0.4 is 19.7 Å². The molecule has 1 N–H and O–H groups in total. The Morgan fingerprint density at radius 1 is 0.875 bits per heavy atom. The Morgan fingerprint density at radius 2 is 1.50 bits per heavy atom. The highest BCUT2D eigenvalue weighted by Gasteiger charge is 2.66. The molecule has 2 aliphatic rings. The summed E-state index contributed by atoms with van der Waals surface area (Å²) in [5, 5.41) is 11.2. The third-order valence-corrected chi connectivity index (χ3v) is 16.1.